The second kappa shape index (κ2) is 7.41. The summed E-state index contributed by atoms with van der Waals surface area (Å²) in [5, 5.41) is 3.64. The predicted octanol–water partition coefficient (Wildman–Crippen LogP) is 4.37. The molecule has 0 unspecified atom stereocenters. The molecule has 2 aromatic carbocycles. The number of anilines is 1. The Kier molecular flexibility index (Phi) is 5.10. The minimum Gasteiger partial charge on any atom is -0.349 e. The van der Waals surface area contributed by atoms with Crippen LogP contribution in [0, 0.1) is 18.8 Å². The highest BCUT2D eigenvalue weighted by molar-refractivity contribution is 7.92. The molecule has 7 heteroatoms. The van der Waals surface area contributed by atoms with Gasteiger partial charge in [0.05, 0.1) is 10.6 Å². The zero-order chi connectivity index (χ0) is 19.9. The van der Waals surface area contributed by atoms with Crippen molar-refractivity contribution in [1.82, 2.24) is 5.32 Å². The first-order chi connectivity index (χ1) is 13.3. The average molecular weight is 419 g/mol. The number of halogens is 1. The van der Waals surface area contributed by atoms with Crippen LogP contribution in [0.2, 0.25) is 5.02 Å². The summed E-state index contributed by atoms with van der Waals surface area (Å²) in [5.41, 5.74) is 1.69. The monoisotopic (exact) mass is 418 g/mol. The van der Waals surface area contributed by atoms with E-state index in [-0.39, 0.29) is 16.8 Å². The molecular formula is C21H23ClN2O3S. The maximum Gasteiger partial charge on any atom is 0.261 e. The smallest absolute Gasteiger partial charge is 0.261 e. The van der Waals surface area contributed by atoms with Crippen LogP contribution in [0.5, 0.6) is 0 Å². The third-order valence-corrected chi connectivity index (χ3v) is 7.54. The molecule has 2 saturated carbocycles. The largest absolute Gasteiger partial charge is 0.349 e. The summed E-state index contributed by atoms with van der Waals surface area (Å²) < 4.78 is 27.7. The van der Waals surface area contributed by atoms with Crippen LogP contribution in [0.1, 0.15) is 41.6 Å². The van der Waals surface area contributed by atoms with Gasteiger partial charge in [-0.1, -0.05) is 18.0 Å². The lowest BCUT2D eigenvalue weighted by Crippen LogP contribution is -2.38. The lowest BCUT2D eigenvalue weighted by molar-refractivity contribution is 0.0923. The number of benzene rings is 2. The highest BCUT2D eigenvalue weighted by atomic mass is 35.5. The Morgan fingerprint density at radius 2 is 1.82 bits per heavy atom. The Labute approximate surface area is 170 Å². The highest BCUT2D eigenvalue weighted by Gasteiger charge is 2.40. The van der Waals surface area contributed by atoms with Crippen molar-refractivity contribution in [3.05, 3.63) is 58.6 Å². The van der Waals surface area contributed by atoms with Crippen LogP contribution in [-0.2, 0) is 10.0 Å². The second-order valence-corrected chi connectivity index (χ2v) is 9.96. The van der Waals surface area contributed by atoms with E-state index in [1.54, 1.807) is 25.1 Å². The van der Waals surface area contributed by atoms with Gasteiger partial charge >= 0.3 is 0 Å². The molecule has 0 aromatic heterocycles. The van der Waals surface area contributed by atoms with Crippen LogP contribution in [0.15, 0.2) is 47.4 Å². The third kappa shape index (κ3) is 3.89. The Hall–Kier alpha value is -2.05. The number of amides is 1. The summed E-state index contributed by atoms with van der Waals surface area (Å²) in [6, 6.07) is 11.3. The summed E-state index contributed by atoms with van der Waals surface area (Å²) in [5.74, 6) is 1.29. The van der Waals surface area contributed by atoms with Crippen molar-refractivity contribution in [3.63, 3.8) is 0 Å². The Morgan fingerprint density at radius 1 is 1.07 bits per heavy atom. The minimum absolute atomic E-state index is 0.0900. The third-order valence-electron chi connectivity index (χ3n) is 5.91. The van der Waals surface area contributed by atoms with Gasteiger partial charge in [-0.3, -0.25) is 9.52 Å². The number of carbonyl (C=O) groups is 1. The molecule has 0 aliphatic heterocycles. The number of fused-ring (bicyclic) bond motifs is 2. The number of carbonyl (C=O) groups excluding carboxylic acids is 1. The molecule has 2 aliphatic carbocycles. The van der Waals surface area contributed by atoms with Crippen molar-refractivity contribution >= 4 is 33.2 Å². The SMILES string of the molecule is Cc1cc(C(=O)N[C@@H]2C[C@H]3CC[C@@H]2C3)ccc1NS(=O)(=O)c1ccc(Cl)cc1. The number of rotatable bonds is 5. The Bertz CT molecular complexity index is 1000. The fourth-order valence-corrected chi connectivity index (χ4v) is 5.67. The molecule has 2 fully saturated rings. The topological polar surface area (TPSA) is 75.3 Å². The van der Waals surface area contributed by atoms with Crippen LogP contribution in [0.3, 0.4) is 0 Å². The van der Waals surface area contributed by atoms with Crippen molar-refractivity contribution in [1.29, 1.82) is 0 Å². The van der Waals surface area contributed by atoms with Crippen molar-refractivity contribution < 1.29 is 13.2 Å². The van der Waals surface area contributed by atoms with Gasteiger partial charge in [0.25, 0.3) is 15.9 Å². The Morgan fingerprint density at radius 3 is 2.43 bits per heavy atom. The van der Waals surface area contributed by atoms with Gasteiger partial charge in [0.1, 0.15) is 0 Å². The summed E-state index contributed by atoms with van der Waals surface area (Å²) in [6.45, 7) is 1.79. The van der Waals surface area contributed by atoms with E-state index in [1.165, 1.54) is 43.5 Å². The van der Waals surface area contributed by atoms with E-state index in [0.29, 0.717) is 27.8 Å². The van der Waals surface area contributed by atoms with Gasteiger partial charge in [0.15, 0.2) is 0 Å². The lowest BCUT2D eigenvalue weighted by Gasteiger charge is -2.23. The van der Waals surface area contributed by atoms with Crippen LogP contribution in [0.25, 0.3) is 0 Å². The summed E-state index contributed by atoms with van der Waals surface area (Å²) >= 11 is 5.82. The Balaban J connectivity index is 1.46. The van der Waals surface area contributed by atoms with Gasteiger partial charge in [-0.25, -0.2) is 8.42 Å². The molecule has 0 heterocycles. The molecule has 0 saturated heterocycles. The number of sulfonamides is 1. The first-order valence-electron chi connectivity index (χ1n) is 9.52. The van der Waals surface area contributed by atoms with Crippen molar-refractivity contribution in [2.24, 2.45) is 11.8 Å². The summed E-state index contributed by atoms with van der Waals surface area (Å²) in [4.78, 5) is 12.8. The van der Waals surface area contributed by atoms with E-state index in [1.807, 2.05) is 0 Å². The van der Waals surface area contributed by atoms with Gasteiger partial charge < -0.3 is 5.32 Å². The number of nitrogens with one attached hydrogen (secondary N) is 2. The van der Waals surface area contributed by atoms with E-state index in [0.717, 1.165) is 12.3 Å². The molecule has 2 N–H and O–H groups in total. The summed E-state index contributed by atoms with van der Waals surface area (Å²) in [6.07, 6.45) is 4.81. The van der Waals surface area contributed by atoms with Crippen LogP contribution in [0.4, 0.5) is 5.69 Å². The van der Waals surface area contributed by atoms with E-state index in [9.17, 15) is 13.2 Å². The minimum atomic E-state index is -3.72. The lowest BCUT2D eigenvalue weighted by atomic mass is 9.95. The zero-order valence-corrected chi connectivity index (χ0v) is 17.2. The first kappa shape index (κ1) is 19.3. The number of hydrogen-bond donors (Lipinski definition) is 2. The van der Waals surface area contributed by atoms with E-state index in [4.69, 9.17) is 11.6 Å². The van der Waals surface area contributed by atoms with Gasteiger partial charge in [0.2, 0.25) is 0 Å². The molecule has 2 bridgehead atoms. The average Bonchev–Trinajstić information content (AvgIpc) is 3.26. The van der Waals surface area contributed by atoms with E-state index in [2.05, 4.69) is 10.0 Å². The molecule has 28 heavy (non-hydrogen) atoms. The number of aryl methyl sites for hydroxylation is 1. The molecule has 0 radical (unpaired) electrons. The molecule has 2 aromatic rings. The van der Waals surface area contributed by atoms with Crippen LogP contribution >= 0.6 is 11.6 Å². The van der Waals surface area contributed by atoms with E-state index < -0.39 is 10.0 Å². The van der Waals surface area contributed by atoms with Crippen molar-refractivity contribution in [3.8, 4) is 0 Å². The molecule has 148 valence electrons. The normalized spacial score (nSPS) is 23.6. The van der Waals surface area contributed by atoms with E-state index >= 15 is 0 Å². The quantitative estimate of drug-likeness (QED) is 0.757. The highest BCUT2D eigenvalue weighted by Crippen LogP contribution is 2.44. The standard InChI is InChI=1S/C21H23ClN2O3S/c1-13-10-16(21(25)23-20-12-14-2-3-15(20)11-14)4-9-19(13)24-28(26,27)18-7-5-17(22)6-8-18/h4-10,14-15,20,24H,2-3,11-12H2,1H3,(H,23,25)/t14-,15+,20+/m0/s1. The molecule has 0 spiro atoms. The second-order valence-electron chi connectivity index (χ2n) is 7.84. The maximum atomic E-state index is 12.6. The van der Waals surface area contributed by atoms with Crippen molar-refractivity contribution in [2.45, 2.75) is 43.5 Å². The maximum absolute atomic E-state index is 12.6. The van der Waals surface area contributed by atoms with Crippen molar-refractivity contribution in [2.75, 3.05) is 4.72 Å². The van der Waals surface area contributed by atoms with Gasteiger partial charge in [-0.05, 0) is 86.1 Å². The predicted molar refractivity (Wildman–Crippen MR) is 110 cm³/mol. The first-order valence-corrected chi connectivity index (χ1v) is 11.4. The molecule has 2 aliphatic rings. The molecule has 3 atom stereocenters. The molecule has 1 amide bonds. The summed E-state index contributed by atoms with van der Waals surface area (Å²) in [7, 11) is -3.72. The van der Waals surface area contributed by atoms with Gasteiger partial charge in [0, 0.05) is 16.6 Å². The molecular weight excluding hydrogens is 396 g/mol. The van der Waals surface area contributed by atoms with Crippen LogP contribution in [-0.4, -0.2) is 20.4 Å². The molecule has 4 rings (SSSR count). The van der Waals surface area contributed by atoms with Gasteiger partial charge in [-0.15, -0.1) is 0 Å². The molecule has 5 nitrogen and oxygen atoms in total. The number of hydrogen-bond acceptors (Lipinski definition) is 3. The van der Waals surface area contributed by atoms with Gasteiger partial charge in [-0.2, -0.15) is 0 Å². The zero-order valence-electron chi connectivity index (χ0n) is 15.6. The fraction of sp³-hybridized carbons (Fsp3) is 0.381. The van der Waals surface area contributed by atoms with Crippen LogP contribution < -0.4 is 10.0 Å². The fourth-order valence-electron chi connectivity index (χ4n) is 4.41.